The number of carbonyl (C=O) groups is 1. The Bertz CT molecular complexity index is 421. The molecular formula is C10H10ClF3N2O. The second-order valence-corrected chi connectivity index (χ2v) is 3.69. The van der Waals surface area contributed by atoms with Crippen molar-refractivity contribution in [2.24, 2.45) is 0 Å². The van der Waals surface area contributed by atoms with Crippen molar-refractivity contribution in [2.75, 3.05) is 5.32 Å². The van der Waals surface area contributed by atoms with Gasteiger partial charge in [0.2, 0.25) is 5.91 Å². The molecule has 1 heterocycles. The van der Waals surface area contributed by atoms with E-state index in [2.05, 4.69) is 10.3 Å². The van der Waals surface area contributed by atoms with Gasteiger partial charge in [0.15, 0.2) is 5.15 Å². The van der Waals surface area contributed by atoms with Gasteiger partial charge in [0, 0.05) is 6.42 Å². The molecule has 1 amide bonds. The van der Waals surface area contributed by atoms with Gasteiger partial charge in [-0.05, 0) is 18.6 Å². The molecule has 1 aromatic rings. The number of hydrogen-bond donors (Lipinski definition) is 1. The minimum absolute atomic E-state index is 0.0816. The predicted octanol–water partition coefficient (Wildman–Crippen LogP) is 3.49. The summed E-state index contributed by atoms with van der Waals surface area (Å²) in [6, 6.07) is 1.86. The van der Waals surface area contributed by atoms with Crippen molar-refractivity contribution in [3.05, 3.63) is 23.0 Å². The summed E-state index contributed by atoms with van der Waals surface area (Å²) >= 11 is 5.55. The van der Waals surface area contributed by atoms with Crippen molar-refractivity contribution in [1.29, 1.82) is 0 Å². The Morgan fingerprint density at radius 3 is 2.59 bits per heavy atom. The smallest absolute Gasteiger partial charge is 0.323 e. The monoisotopic (exact) mass is 266 g/mol. The Morgan fingerprint density at radius 2 is 2.12 bits per heavy atom. The predicted molar refractivity (Wildman–Crippen MR) is 57.8 cm³/mol. The first-order valence-corrected chi connectivity index (χ1v) is 5.26. The highest BCUT2D eigenvalue weighted by Gasteiger charge is 2.32. The summed E-state index contributed by atoms with van der Waals surface area (Å²) in [5.41, 5.74) is -1.01. The van der Waals surface area contributed by atoms with Gasteiger partial charge < -0.3 is 5.32 Å². The second kappa shape index (κ2) is 5.35. The van der Waals surface area contributed by atoms with Gasteiger partial charge in [0.25, 0.3) is 0 Å². The topological polar surface area (TPSA) is 42.0 Å². The number of halogens is 4. The van der Waals surface area contributed by atoms with E-state index in [0.717, 1.165) is 12.1 Å². The minimum Gasteiger partial charge on any atom is -0.323 e. The van der Waals surface area contributed by atoms with Crippen molar-refractivity contribution in [1.82, 2.24) is 4.98 Å². The summed E-state index contributed by atoms with van der Waals surface area (Å²) in [6.45, 7) is 1.81. The lowest BCUT2D eigenvalue weighted by Gasteiger charge is -2.09. The van der Waals surface area contributed by atoms with E-state index in [4.69, 9.17) is 11.6 Å². The number of rotatable bonds is 3. The summed E-state index contributed by atoms with van der Waals surface area (Å²) in [6.07, 6.45) is -3.63. The van der Waals surface area contributed by atoms with Crippen molar-refractivity contribution in [3.63, 3.8) is 0 Å². The average Bonchev–Trinajstić information content (AvgIpc) is 2.20. The van der Waals surface area contributed by atoms with Crippen LogP contribution in [0.5, 0.6) is 0 Å². The van der Waals surface area contributed by atoms with Crippen molar-refractivity contribution < 1.29 is 18.0 Å². The largest absolute Gasteiger partial charge is 0.433 e. The van der Waals surface area contributed by atoms with Crippen LogP contribution in [0.15, 0.2) is 12.1 Å². The van der Waals surface area contributed by atoms with E-state index in [9.17, 15) is 18.0 Å². The third-order valence-corrected chi connectivity index (χ3v) is 2.18. The van der Waals surface area contributed by atoms with E-state index in [1.807, 2.05) is 6.92 Å². The number of amides is 1. The highest BCUT2D eigenvalue weighted by atomic mass is 35.5. The summed E-state index contributed by atoms with van der Waals surface area (Å²) < 4.78 is 36.8. The zero-order valence-corrected chi connectivity index (χ0v) is 9.69. The van der Waals surface area contributed by atoms with Gasteiger partial charge in [-0.25, -0.2) is 4.98 Å². The average molecular weight is 267 g/mol. The van der Waals surface area contributed by atoms with Crippen molar-refractivity contribution in [3.8, 4) is 0 Å². The zero-order valence-electron chi connectivity index (χ0n) is 8.94. The standard InChI is InChI=1S/C10H10ClF3N2O/c1-2-3-8(17)15-6-4-5-7(10(12,13)14)16-9(6)11/h4-5H,2-3H2,1H3,(H,15,17). The molecule has 0 aliphatic carbocycles. The number of anilines is 1. The highest BCUT2D eigenvalue weighted by Crippen LogP contribution is 2.30. The Kier molecular flexibility index (Phi) is 4.34. The quantitative estimate of drug-likeness (QED) is 0.851. The van der Waals surface area contributed by atoms with Gasteiger partial charge >= 0.3 is 6.18 Å². The third kappa shape index (κ3) is 3.89. The van der Waals surface area contributed by atoms with Crippen molar-refractivity contribution in [2.45, 2.75) is 25.9 Å². The third-order valence-electron chi connectivity index (χ3n) is 1.89. The summed E-state index contributed by atoms with van der Waals surface area (Å²) in [5, 5.41) is 2.02. The molecule has 0 bridgehead atoms. The lowest BCUT2D eigenvalue weighted by Crippen LogP contribution is -2.13. The van der Waals surface area contributed by atoms with Crippen LogP contribution in [0.1, 0.15) is 25.5 Å². The van der Waals surface area contributed by atoms with Gasteiger partial charge in [0.1, 0.15) is 5.69 Å². The van der Waals surface area contributed by atoms with E-state index in [1.54, 1.807) is 0 Å². The van der Waals surface area contributed by atoms with Crippen LogP contribution in [0.25, 0.3) is 0 Å². The molecule has 3 nitrogen and oxygen atoms in total. The molecule has 0 aliphatic heterocycles. The first-order chi connectivity index (χ1) is 7.84. The van der Waals surface area contributed by atoms with Crippen LogP contribution >= 0.6 is 11.6 Å². The molecule has 7 heteroatoms. The van der Waals surface area contributed by atoms with E-state index in [1.165, 1.54) is 0 Å². The SMILES string of the molecule is CCCC(=O)Nc1ccc(C(F)(F)F)nc1Cl. The molecule has 0 saturated carbocycles. The Hall–Kier alpha value is -1.30. The molecule has 0 spiro atoms. The fraction of sp³-hybridized carbons (Fsp3) is 0.400. The molecule has 0 saturated heterocycles. The Morgan fingerprint density at radius 1 is 1.47 bits per heavy atom. The lowest BCUT2D eigenvalue weighted by atomic mass is 10.3. The normalized spacial score (nSPS) is 11.4. The van der Waals surface area contributed by atoms with Crippen LogP contribution in [-0.2, 0) is 11.0 Å². The number of aromatic nitrogens is 1. The molecule has 1 rings (SSSR count). The highest BCUT2D eigenvalue weighted by molar-refractivity contribution is 6.32. The fourth-order valence-corrected chi connectivity index (χ4v) is 1.33. The maximum Gasteiger partial charge on any atom is 0.433 e. The summed E-state index contributed by atoms with van der Waals surface area (Å²) in [4.78, 5) is 14.4. The molecule has 0 aromatic carbocycles. The molecule has 0 aliphatic rings. The number of alkyl halides is 3. The number of pyridine rings is 1. The van der Waals surface area contributed by atoms with E-state index in [-0.39, 0.29) is 23.2 Å². The van der Waals surface area contributed by atoms with E-state index < -0.39 is 11.9 Å². The number of nitrogens with zero attached hydrogens (tertiary/aromatic N) is 1. The molecule has 17 heavy (non-hydrogen) atoms. The first-order valence-electron chi connectivity index (χ1n) is 4.88. The molecule has 94 valence electrons. The number of hydrogen-bond acceptors (Lipinski definition) is 2. The van der Waals surface area contributed by atoms with Crippen LogP contribution in [0.4, 0.5) is 18.9 Å². The van der Waals surface area contributed by atoms with Gasteiger partial charge in [-0.2, -0.15) is 13.2 Å². The van der Waals surface area contributed by atoms with Gasteiger partial charge in [-0.3, -0.25) is 4.79 Å². The molecule has 1 N–H and O–H groups in total. The van der Waals surface area contributed by atoms with E-state index in [0.29, 0.717) is 6.42 Å². The molecule has 0 unspecified atom stereocenters. The molecule has 0 atom stereocenters. The summed E-state index contributed by atoms with van der Waals surface area (Å²) in [5.74, 6) is -0.309. The van der Waals surface area contributed by atoms with Gasteiger partial charge in [-0.1, -0.05) is 18.5 Å². The van der Waals surface area contributed by atoms with Crippen LogP contribution in [-0.4, -0.2) is 10.9 Å². The lowest BCUT2D eigenvalue weighted by molar-refractivity contribution is -0.141. The van der Waals surface area contributed by atoms with Crippen molar-refractivity contribution >= 4 is 23.2 Å². The summed E-state index contributed by atoms with van der Waals surface area (Å²) in [7, 11) is 0. The second-order valence-electron chi connectivity index (χ2n) is 3.33. The van der Waals surface area contributed by atoms with Crippen LogP contribution in [0.2, 0.25) is 5.15 Å². The van der Waals surface area contributed by atoms with Gasteiger partial charge in [0.05, 0.1) is 5.69 Å². The fourth-order valence-electron chi connectivity index (χ4n) is 1.13. The first kappa shape index (κ1) is 13.8. The number of nitrogens with one attached hydrogen (secondary N) is 1. The zero-order chi connectivity index (χ0) is 13.1. The number of carbonyl (C=O) groups excluding carboxylic acids is 1. The van der Waals surface area contributed by atoms with Crippen LogP contribution in [0.3, 0.4) is 0 Å². The van der Waals surface area contributed by atoms with Gasteiger partial charge in [-0.15, -0.1) is 0 Å². The Balaban J connectivity index is 2.87. The maximum absolute atomic E-state index is 12.3. The maximum atomic E-state index is 12.3. The molecule has 0 radical (unpaired) electrons. The van der Waals surface area contributed by atoms with E-state index >= 15 is 0 Å². The molecule has 1 aromatic heterocycles. The molecular weight excluding hydrogens is 257 g/mol. The minimum atomic E-state index is -4.55. The Labute approximate surface area is 101 Å². The van der Waals surface area contributed by atoms with Crippen LogP contribution < -0.4 is 5.32 Å². The molecule has 0 fully saturated rings. The van der Waals surface area contributed by atoms with Crippen LogP contribution in [0, 0.1) is 0 Å².